The second-order valence-corrected chi connectivity index (χ2v) is 4.14. The highest BCUT2D eigenvalue weighted by atomic mass is 79.9. The van der Waals surface area contributed by atoms with Gasteiger partial charge < -0.3 is 4.74 Å². The quantitative estimate of drug-likeness (QED) is 0.794. The molecule has 0 unspecified atom stereocenters. The number of rotatable bonds is 4. The summed E-state index contributed by atoms with van der Waals surface area (Å²) in [4.78, 5) is 11.5. The van der Waals surface area contributed by atoms with Gasteiger partial charge in [-0.15, -0.1) is 0 Å². The average Bonchev–Trinajstić information content (AvgIpc) is 2.59. The molecule has 1 aromatic rings. The zero-order valence-corrected chi connectivity index (χ0v) is 10.7. The molecule has 0 radical (unpaired) electrons. The van der Waals surface area contributed by atoms with Gasteiger partial charge in [-0.3, -0.25) is 4.68 Å². The van der Waals surface area contributed by atoms with Crippen molar-refractivity contribution in [1.29, 1.82) is 0 Å². The SMILES string of the molecule is CCOC(=O)c1nn([C@H](C)CC)cc1Br. The minimum atomic E-state index is -0.383. The molecule has 5 heteroatoms. The third-order valence-corrected chi connectivity index (χ3v) is 2.78. The van der Waals surface area contributed by atoms with E-state index in [1.54, 1.807) is 17.8 Å². The van der Waals surface area contributed by atoms with Crippen LogP contribution in [-0.4, -0.2) is 22.4 Å². The molecule has 0 bridgehead atoms. The Balaban J connectivity index is 2.90. The summed E-state index contributed by atoms with van der Waals surface area (Å²) in [6, 6.07) is 0.282. The van der Waals surface area contributed by atoms with E-state index < -0.39 is 0 Å². The molecule has 1 heterocycles. The van der Waals surface area contributed by atoms with Crippen LogP contribution in [0.1, 0.15) is 43.7 Å². The average molecular weight is 275 g/mol. The number of carbonyl (C=O) groups is 1. The molecule has 4 nitrogen and oxygen atoms in total. The minimum absolute atomic E-state index is 0.282. The fourth-order valence-corrected chi connectivity index (χ4v) is 1.57. The van der Waals surface area contributed by atoms with Crippen molar-refractivity contribution < 1.29 is 9.53 Å². The Kier molecular flexibility index (Phi) is 4.32. The van der Waals surface area contributed by atoms with E-state index in [4.69, 9.17) is 4.74 Å². The largest absolute Gasteiger partial charge is 0.461 e. The van der Waals surface area contributed by atoms with E-state index in [1.165, 1.54) is 0 Å². The van der Waals surface area contributed by atoms with Gasteiger partial charge in [0.05, 0.1) is 11.1 Å². The van der Waals surface area contributed by atoms with E-state index >= 15 is 0 Å². The van der Waals surface area contributed by atoms with Crippen LogP contribution in [0.5, 0.6) is 0 Å². The highest BCUT2D eigenvalue weighted by Crippen LogP contribution is 2.19. The van der Waals surface area contributed by atoms with E-state index in [2.05, 4.69) is 28.0 Å². The van der Waals surface area contributed by atoms with Crippen molar-refractivity contribution >= 4 is 21.9 Å². The predicted octanol–water partition coefficient (Wildman–Crippen LogP) is 2.79. The Labute approximate surface area is 97.7 Å². The number of halogens is 1. The van der Waals surface area contributed by atoms with Crippen LogP contribution in [-0.2, 0) is 4.74 Å². The first-order valence-corrected chi connectivity index (χ1v) is 5.81. The third kappa shape index (κ3) is 2.81. The van der Waals surface area contributed by atoms with E-state index in [0.29, 0.717) is 16.8 Å². The zero-order chi connectivity index (χ0) is 11.4. The molecule has 0 saturated heterocycles. The van der Waals surface area contributed by atoms with Crippen LogP contribution in [0, 0.1) is 0 Å². The van der Waals surface area contributed by atoms with Gasteiger partial charge in [-0.1, -0.05) is 6.92 Å². The van der Waals surface area contributed by atoms with Crippen LogP contribution in [0.2, 0.25) is 0 Å². The Hall–Kier alpha value is -0.840. The van der Waals surface area contributed by atoms with Gasteiger partial charge >= 0.3 is 5.97 Å². The molecule has 0 N–H and O–H groups in total. The second kappa shape index (κ2) is 5.30. The maximum atomic E-state index is 11.5. The Morgan fingerprint density at radius 1 is 1.67 bits per heavy atom. The number of hydrogen-bond donors (Lipinski definition) is 0. The summed E-state index contributed by atoms with van der Waals surface area (Å²) in [5.41, 5.74) is 0.345. The molecule has 0 spiro atoms. The number of ether oxygens (including phenoxy) is 1. The first-order valence-electron chi connectivity index (χ1n) is 5.01. The lowest BCUT2D eigenvalue weighted by Crippen LogP contribution is -2.09. The number of esters is 1. The monoisotopic (exact) mass is 274 g/mol. The lowest BCUT2D eigenvalue weighted by molar-refractivity contribution is 0.0517. The van der Waals surface area contributed by atoms with Crippen molar-refractivity contribution in [2.75, 3.05) is 6.61 Å². The van der Waals surface area contributed by atoms with E-state index in [1.807, 2.05) is 6.92 Å². The van der Waals surface area contributed by atoms with Crippen LogP contribution < -0.4 is 0 Å². The van der Waals surface area contributed by atoms with Crippen LogP contribution >= 0.6 is 15.9 Å². The van der Waals surface area contributed by atoms with Crippen LogP contribution in [0.4, 0.5) is 0 Å². The summed E-state index contributed by atoms with van der Waals surface area (Å²) >= 11 is 3.30. The van der Waals surface area contributed by atoms with Crippen LogP contribution in [0.25, 0.3) is 0 Å². The smallest absolute Gasteiger partial charge is 0.360 e. The second-order valence-electron chi connectivity index (χ2n) is 3.28. The van der Waals surface area contributed by atoms with Gasteiger partial charge in [-0.25, -0.2) is 4.79 Å². The van der Waals surface area contributed by atoms with Gasteiger partial charge in [-0.05, 0) is 36.2 Å². The van der Waals surface area contributed by atoms with Gasteiger partial charge in [0.1, 0.15) is 0 Å². The van der Waals surface area contributed by atoms with Crippen LogP contribution in [0.3, 0.4) is 0 Å². The normalized spacial score (nSPS) is 12.5. The fraction of sp³-hybridized carbons (Fsp3) is 0.600. The molecular formula is C10H15BrN2O2. The predicted molar refractivity (Wildman–Crippen MR) is 60.9 cm³/mol. The Morgan fingerprint density at radius 2 is 2.33 bits per heavy atom. The Bertz CT molecular complexity index is 349. The van der Waals surface area contributed by atoms with Gasteiger partial charge in [0, 0.05) is 12.2 Å². The van der Waals surface area contributed by atoms with Crippen molar-refractivity contribution in [2.45, 2.75) is 33.2 Å². The van der Waals surface area contributed by atoms with E-state index in [-0.39, 0.29) is 12.0 Å². The Morgan fingerprint density at radius 3 is 2.87 bits per heavy atom. The molecule has 84 valence electrons. The molecule has 1 rings (SSSR count). The van der Waals surface area contributed by atoms with Crippen LogP contribution in [0.15, 0.2) is 10.7 Å². The minimum Gasteiger partial charge on any atom is -0.461 e. The van der Waals surface area contributed by atoms with Crippen molar-refractivity contribution in [3.05, 3.63) is 16.4 Å². The van der Waals surface area contributed by atoms with Crippen molar-refractivity contribution in [1.82, 2.24) is 9.78 Å². The molecule has 15 heavy (non-hydrogen) atoms. The number of aromatic nitrogens is 2. The van der Waals surface area contributed by atoms with Gasteiger partial charge in [0.25, 0.3) is 0 Å². The maximum Gasteiger partial charge on any atom is 0.360 e. The van der Waals surface area contributed by atoms with Gasteiger partial charge in [-0.2, -0.15) is 5.10 Å². The summed E-state index contributed by atoms with van der Waals surface area (Å²) in [6.45, 7) is 6.26. The van der Waals surface area contributed by atoms with Gasteiger partial charge in [0.2, 0.25) is 0 Å². The molecule has 0 aromatic carbocycles. The lowest BCUT2D eigenvalue weighted by Gasteiger charge is -2.07. The van der Waals surface area contributed by atoms with Gasteiger partial charge in [0.15, 0.2) is 5.69 Å². The summed E-state index contributed by atoms with van der Waals surface area (Å²) in [6.07, 6.45) is 2.77. The number of carbonyl (C=O) groups excluding carboxylic acids is 1. The molecule has 0 aliphatic carbocycles. The number of nitrogens with zero attached hydrogens (tertiary/aromatic N) is 2. The first kappa shape index (κ1) is 12.2. The van der Waals surface area contributed by atoms with Crippen molar-refractivity contribution in [3.63, 3.8) is 0 Å². The topological polar surface area (TPSA) is 44.1 Å². The maximum absolute atomic E-state index is 11.5. The molecule has 0 aliphatic heterocycles. The van der Waals surface area contributed by atoms with Crippen molar-refractivity contribution in [2.24, 2.45) is 0 Å². The molecule has 1 aromatic heterocycles. The molecule has 0 aliphatic rings. The molecule has 0 fully saturated rings. The molecule has 0 amide bonds. The molecule has 1 atom stereocenters. The summed E-state index contributed by atoms with van der Waals surface area (Å²) in [5, 5.41) is 4.19. The molecular weight excluding hydrogens is 260 g/mol. The number of hydrogen-bond acceptors (Lipinski definition) is 3. The fourth-order valence-electron chi connectivity index (χ4n) is 1.12. The van der Waals surface area contributed by atoms with E-state index in [9.17, 15) is 4.79 Å². The van der Waals surface area contributed by atoms with E-state index in [0.717, 1.165) is 6.42 Å². The highest BCUT2D eigenvalue weighted by Gasteiger charge is 2.17. The zero-order valence-electron chi connectivity index (χ0n) is 9.16. The summed E-state index contributed by atoms with van der Waals surface area (Å²) < 4.78 is 7.35. The molecule has 0 saturated carbocycles. The lowest BCUT2D eigenvalue weighted by atomic mass is 10.3. The summed E-state index contributed by atoms with van der Waals surface area (Å²) in [5.74, 6) is -0.383. The standard InChI is InChI=1S/C10H15BrN2O2/c1-4-7(3)13-6-8(11)9(12-13)10(14)15-5-2/h6-7H,4-5H2,1-3H3/t7-/m1/s1. The third-order valence-electron chi connectivity index (χ3n) is 2.20. The summed E-state index contributed by atoms with van der Waals surface area (Å²) in [7, 11) is 0. The first-order chi connectivity index (χ1) is 7.10. The highest BCUT2D eigenvalue weighted by molar-refractivity contribution is 9.10. The van der Waals surface area contributed by atoms with Crippen molar-refractivity contribution in [3.8, 4) is 0 Å².